The second-order valence-corrected chi connectivity index (χ2v) is 8.09. The number of carbonyl (C=O) groups is 1. The molecule has 1 fully saturated rings. The molecule has 1 N–H and O–H groups in total. The summed E-state index contributed by atoms with van der Waals surface area (Å²) >= 11 is 3.06. The summed E-state index contributed by atoms with van der Waals surface area (Å²) in [7, 11) is 0. The van der Waals surface area contributed by atoms with Gasteiger partial charge in [0.2, 0.25) is 5.91 Å². The van der Waals surface area contributed by atoms with Crippen molar-refractivity contribution in [3.8, 4) is 0 Å². The average Bonchev–Trinajstić information content (AvgIpc) is 3.37. The van der Waals surface area contributed by atoms with Gasteiger partial charge in [0.1, 0.15) is 16.2 Å². The number of pyridine rings is 1. The summed E-state index contributed by atoms with van der Waals surface area (Å²) < 4.78 is 1.00. The average molecular weight is 366 g/mol. The van der Waals surface area contributed by atoms with E-state index < -0.39 is 0 Å². The minimum atomic E-state index is 0.0734. The Balaban J connectivity index is 1.55. The Morgan fingerprint density at radius 3 is 3.04 bits per heavy atom. The van der Waals surface area contributed by atoms with E-state index in [-0.39, 0.29) is 5.91 Å². The summed E-state index contributed by atoms with van der Waals surface area (Å²) in [5, 5.41) is 6.01. The molecule has 1 aliphatic rings. The minimum Gasteiger partial charge on any atom is -0.353 e. The fraction of sp³-hybridized carbons (Fsp3) is 0.222. The maximum atomic E-state index is 11.9. The topological polar surface area (TPSA) is 67.8 Å². The van der Waals surface area contributed by atoms with Crippen LogP contribution in [0.3, 0.4) is 0 Å². The van der Waals surface area contributed by atoms with E-state index in [9.17, 15) is 4.79 Å². The summed E-state index contributed by atoms with van der Waals surface area (Å²) in [6.45, 7) is 0. The van der Waals surface area contributed by atoms with Crippen molar-refractivity contribution in [2.75, 3.05) is 5.75 Å². The quantitative estimate of drug-likeness (QED) is 0.440. The van der Waals surface area contributed by atoms with E-state index in [1.165, 1.54) is 11.8 Å². The van der Waals surface area contributed by atoms with Crippen LogP contribution in [-0.2, 0) is 4.79 Å². The molecule has 0 spiro atoms. The minimum absolute atomic E-state index is 0.0734. The first-order valence-corrected chi connectivity index (χ1v) is 9.93. The molecule has 0 bridgehead atoms. The van der Waals surface area contributed by atoms with Gasteiger partial charge in [0, 0.05) is 16.8 Å². The fourth-order valence-corrected chi connectivity index (χ4v) is 4.82. The molecule has 7 heteroatoms. The molecular weight excluding hydrogens is 352 g/mol. The van der Waals surface area contributed by atoms with Gasteiger partial charge < -0.3 is 5.32 Å². The lowest BCUT2D eigenvalue weighted by molar-refractivity contribution is -0.118. The number of hydrogen-bond donors (Lipinski definition) is 1. The molecule has 5 rings (SSSR count). The predicted molar refractivity (Wildman–Crippen MR) is 102 cm³/mol. The van der Waals surface area contributed by atoms with Gasteiger partial charge in [0.15, 0.2) is 0 Å². The lowest BCUT2D eigenvalue weighted by Crippen LogP contribution is -2.27. The van der Waals surface area contributed by atoms with Crippen molar-refractivity contribution in [2.24, 2.45) is 0 Å². The first kappa shape index (κ1) is 15.0. The van der Waals surface area contributed by atoms with Crippen LogP contribution in [0.25, 0.3) is 31.3 Å². The summed E-state index contributed by atoms with van der Waals surface area (Å²) in [5.74, 6) is 0.455. The molecular formula is C18H14N4OS2. The van der Waals surface area contributed by atoms with Gasteiger partial charge in [-0.3, -0.25) is 4.79 Å². The molecule has 3 aromatic heterocycles. The maximum Gasteiger partial charge on any atom is 0.230 e. The summed E-state index contributed by atoms with van der Waals surface area (Å²) in [6.07, 6.45) is 3.78. The third-order valence-electron chi connectivity index (χ3n) is 4.20. The van der Waals surface area contributed by atoms with Crippen LogP contribution in [-0.4, -0.2) is 32.7 Å². The van der Waals surface area contributed by atoms with Gasteiger partial charge in [0.05, 0.1) is 21.5 Å². The standard InChI is InChI=1S/C18H14N4OS2/c23-14(21-11-5-6-11)8-24-18-16-15(19-9-20-18)12-7-10-3-1-2-4-13(10)22-17(12)25-16/h1-4,7,9,11H,5-6,8H2,(H,21,23). The highest BCUT2D eigenvalue weighted by Gasteiger charge is 2.23. The van der Waals surface area contributed by atoms with E-state index >= 15 is 0 Å². The number of amides is 1. The molecule has 1 aliphatic carbocycles. The van der Waals surface area contributed by atoms with Crippen molar-refractivity contribution in [1.29, 1.82) is 0 Å². The molecule has 1 amide bonds. The molecule has 0 atom stereocenters. The third kappa shape index (κ3) is 2.83. The van der Waals surface area contributed by atoms with E-state index in [2.05, 4.69) is 27.4 Å². The molecule has 25 heavy (non-hydrogen) atoms. The molecule has 3 heterocycles. The lowest BCUT2D eigenvalue weighted by Gasteiger charge is -2.03. The highest BCUT2D eigenvalue weighted by molar-refractivity contribution is 8.00. The number of carbonyl (C=O) groups excluding carboxylic acids is 1. The van der Waals surface area contributed by atoms with Gasteiger partial charge in [-0.25, -0.2) is 15.0 Å². The number of thiophene rings is 1. The second kappa shape index (κ2) is 5.93. The summed E-state index contributed by atoms with van der Waals surface area (Å²) in [4.78, 5) is 26.5. The van der Waals surface area contributed by atoms with Crippen molar-refractivity contribution >= 4 is 60.3 Å². The second-order valence-electron chi connectivity index (χ2n) is 6.12. The Hall–Kier alpha value is -2.25. The van der Waals surface area contributed by atoms with Crippen molar-refractivity contribution in [2.45, 2.75) is 23.9 Å². The monoisotopic (exact) mass is 366 g/mol. The Labute approximate surface area is 151 Å². The Kier molecular flexibility index (Phi) is 3.57. The molecule has 0 saturated heterocycles. The number of thioether (sulfide) groups is 1. The number of para-hydroxylation sites is 1. The van der Waals surface area contributed by atoms with Gasteiger partial charge in [0.25, 0.3) is 0 Å². The zero-order valence-electron chi connectivity index (χ0n) is 13.2. The van der Waals surface area contributed by atoms with E-state index in [4.69, 9.17) is 4.98 Å². The van der Waals surface area contributed by atoms with Crippen LogP contribution in [0.1, 0.15) is 12.8 Å². The largest absolute Gasteiger partial charge is 0.353 e. The number of benzene rings is 1. The molecule has 1 saturated carbocycles. The highest BCUT2D eigenvalue weighted by Crippen LogP contribution is 2.37. The number of aromatic nitrogens is 3. The van der Waals surface area contributed by atoms with Gasteiger partial charge in [-0.05, 0) is 25.0 Å². The first-order valence-electron chi connectivity index (χ1n) is 8.13. The fourth-order valence-electron chi connectivity index (χ4n) is 2.82. The smallest absolute Gasteiger partial charge is 0.230 e. The van der Waals surface area contributed by atoms with Crippen molar-refractivity contribution < 1.29 is 4.79 Å². The van der Waals surface area contributed by atoms with E-state index in [0.29, 0.717) is 11.8 Å². The first-order chi connectivity index (χ1) is 12.3. The van der Waals surface area contributed by atoms with Crippen molar-refractivity contribution in [1.82, 2.24) is 20.3 Å². The third-order valence-corrected chi connectivity index (χ3v) is 6.41. The molecule has 4 aromatic rings. The van der Waals surface area contributed by atoms with E-state index in [1.54, 1.807) is 17.7 Å². The SMILES string of the molecule is O=C(CSc1ncnc2c1sc1nc3ccccc3cc12)NC1CC1. The van der Waals surface area contributed by atoms with Gasteiger partial charge in [-0.15, -0.1) is 11.3 Å². The van der Waals surface area contributed by atoms with Crippen LogP contribution < -0.4 is 5.32 Å². The molecule has 0 aliphatic heterocycles. The lowest BCUT2D eigenvalue weighted by atomic mass is 10.2. The highest BCUT2D eigenvalue weighted by atomic mass is 32.2. The number of fused-ring (bicyclic) bond motifs is 4. The van der Waals surface area contributed by atoms with Gasteiger partial charge in [-0.1, -0.05) is 30.0 Å². The summed E-state index contributed by atoms with van der Waals surface area (Å²) in [6, 6.07) is 10.6. The Bertz CT molecular complexity index is 1120. The molecule has 124 valence electrons. The maximum absolute atomic E-state index is 11.9. The van der Waals surface area contributed by atoms with E-state index in [1.807, 2.05) is 18.2 Å². The Morgan fingerprint density at radius 1 is 1.28 bits per heavy atom. The Morgan fingerprint density at radius 2 is 2.16 bits per heavy atom. The predicted octanol–water partition coefficient (Wildman–Crippen LogP) is 3.76. The van der Waals surface area contributed by atoms with Crippen molar-refractivity contribution in [3.05, 3.63) is 36.7 Å². The number of rotatable bonds is 4. The molecule has 5 nitrogen and oxygen atoms in total. The molecule has 0 radical (unpaired) electrons. The number of hydrogen-bond acceptors (Lipinski definition) is 6. The van der Waals surface area contributed by atoms with Crippen molar-refractivity contribution in [3.63, 3.8) is 0 Å². The molecule has 0 unspecified atom stereocenters. The number of nitrogens with zero attached hydrogens (tertiary/aromatic N) is 3. The van der Waals surface area contributed by atoms with Gasteiger partial charge in [-0.2, -0.15) is 0 Å². The zero-order chi connectivity index (χ0) is 16.8. The number of nitrogens with one attached hydrogen (secondary N) is 1. The summed E-state index contributed by atoms with van der Waals surface area (Å²) in [5.41, 5.74) is 1.89. The van der Waals surface area contributed by atoms with Crippen LogP contribution in [0.15, 0.2) is 41.7 Å². The normalized spacial score (nSPS) is 14.4. The zero-order valence-corrected chi connectivity index (χ0v) is 14.9. The molecule has 1 aromatic carbocycles. The van der Waals surface area contributed by atoms with Crippen LogP contribution >= 0.6 is 23.1 Å². The van der Waals surface area contributed by atoms with Crippen LogP contribution in [0.5, 0.6) is 0 Å². The van der Waals surface area contributed by atoms with Crippen LogP contribution in [0.2, 0.25) is 0 Å². The van der Waals surface area contributed by atoms with E-state index in [0.717, 1.165) is 49.2 Å². The van der Waals surface area contributed by atoms with Crippen LogP contribution in [0.4, 0.5) is 0 Å². The van der Waals surface area contributed by atoms with Crippen LogP contribution in [0, 0.1) is 0 Å². The van der Waals surface area contributed by atoms with Gasteiger partial charge >= 0.3 is 0 Å².